The number of carboxylic acids is 1. The van der Waals surface area contributed by atoms with E-state index in [-0.39, 0.29) is 18.1 Å². The summed E-state index contributed by atoms with van der Waals surface area (Å²) in [7, 11) is 3.37. The number of hydrogen-bond acceptors (Lipinski definition) is 5. The molecule has 6 nitrogen and oxygen atoms in total. The number of hydrogen-bond donors (Lipinski definition) is 1. The quantitative estimate of drug-likeness (QED) is 0.594. The molecule has 1 amide bonds. The van der Waals surface area contributed by atoms with Gasteiger partial charge in [0.2, 0.25) is 0 Å². The van der Waals surface area contributed by atoms with E-state index in [1.807, 2.05) is 42.5 Å². The van der Waals surface area contributed by atoms with Crippen LogP contribution in [0.1, 0.15) is 21.5 Å². The largest absolute Gasteiger partial charge is 0.488 e. The number of rotatable bonds is 5. The molecule has 4 rings (SSSR count). The van der Waals surface area contributed by atoms with Gasteiger partial charge in [-0.15, -0.1) is 0 Å². The molecule has 3 aromatic rings. The number of carbonyl (C=O) groups is 2. The summed E-state index contributed by atoms with van der Waals surface area (Å²) in [5.74, 6) is -0.421. The lowest BCUT2D eigenvalue weighted by molar-refractivity contribution is -0.121. The molecular formula is C24H20N2O4S. The van der Waals surface area contributed by atoms with E-state index < -0.39 is 5.97 Å². The summed E-state index contributed by atoms with van der Waals surface area (Å²) in [6.45, 7) is 0.275. The first kappa shape index (κ1) is 20.7. The number of likely N-dealkylation sites (N-methyl/N-ethyl adjacent to an activating group) is 1. The lowest BCUT2D eigenvalue weighted by atomic mass is 10.0. The topological polar surface area (TPSA) is 79.2 Å². The standard InChI is InChI=1S/C24H20N2O4S/c1-25-24-26(2)22(27)21(31-24)13-19-18-6-4-3-5-16(18)11-12-20(19)30-14-15-7-9-17(10-8-15)23(28)29/h3-13H,14H2,1-2H3,(H,28,29)/b21-13+,25-24?. The molecule has 0 aromatic heterocycles. The second kappa shape index (κ2) is 8.65. The molecule has 1 aliphatic rings. The number of aliphatic imine (C=N–C) groups is 1. The molecular weight excluding hydrogens is 412 g/mol. The zero-order valence-electron chi connectivity index (χ0n) is 17.0. The molecule has 0 radical (unpaired) electrons. The molecule has 1 aliphatic heterocycles. The average molecular weight is 433 g/mol. The van der Waals surface area contributed by atoms with Crippen LogP contribution >= 0.6 is 11.8 Å². The van der Waals surface area contributed by atoms with Crippen molar-refractivity contribution in [3.05, 3.63) is 82.3 Å². The van der Waals surface area contributed by atoms with E-state index in [9.17, 15) is 9.59 Å². The zero-order valence-corrected chi connectivity index (χ0v) is 17.8. The van der Waals surface area contributed by atoms with Gasteiger partial charge in [0.1, 0.15) is 12.4 Å². The molecule has 3 aromatic carbocycles. The lowest BCUT2D eigenvalue weighted by Crippen LogP contribution is -2.23. The Hall–Kier alpha value is -3.58. The maximum Gasteiger partial charge on any atom is 0.335 e. The summed E-state index contributed by atoms with van der Waals surface area (Å²) >= 11 is 1.33. The van der Waals surface area contributed by atoms with Crippen LogP contribution in [-0.2, 0) is 11.4 Å². The molecule has 156 valence electrons. The molecule has 0 spiro atoms. The molecule has 1 fully saturated rings. The van der Waals surface area contributed by atoms with Crippen LogP contribution in [-0.4, -0.2) is 41.1 Å². The van der Waals surface area contributed by atoms with Crippen molar-refractivity contribution in [2.24, 2.45) is 4.99 Å². The number of carbonyl (C=O) groups excluding carboxylic acids is 1. The van der Waals surface area contributed by atoms with Crippen LogP contribution in [0, 0.1) is 0 Å². The third-order valence-electron chi connectivity index (χ3n) is 5.00. The van der Waals surface area contributed by atoms with Crippen LogP contribution in [0.3, 0.4) is 0 Å². The Bertz CT molecular complexity index is 1230. The molecule has 31 heavy (non-hydrogen) atoms. The number of fused-ring (bicyclic) bond motifs is 1. The van der Waals surface area contributed by atoms with Gasteiger partial charge in [0.25, 0.3) is 5.91 Å². The van der Waals surface area contributed by atoms with Gasteiger partial charge in [-0.1, -0.05) is 42.5 Å². The van der Waals surface area contributed by atoms with Crippen LogP contribution in [0.5, 0.6) is 5.75 Å². The van der Waals surface area contributed by atoms with Crippen molar-refractivity contribution in [3.8, 4) is 5.75 Å². The van der Waals surface area contributed by atoms with E-state index in [0.29, 0.717) is 15.8 Å². The first-order chi connectivity index (χ1) is 15.0. The summed E-state index contributed by atoms with van der Waals surface area (Å²) < 4.78 is 6.10. The van der Waals surface area contributed by atoms with Gasteiger partial charge in [-0.2, -0.15) is 0 Å². The summed E-state index contributed by atoms with van der Waals surface area (Å²) in [4.78, 5) is 30.0. The Morgan fingerprint density at radius 2 is 1.87 bits per heavy atom. The highest BCUT2D eigenvalue weighted by atomic mass is 32.2. The fourth-order valence-corrected chi connectivity index (χ4v) is 4.24. The third-order valence-corrected chi connectivity index (χ3v) is 6.15. The van der Waals surface area contributed by atoms with Crippen molar-refractivity contribution >= 4 is 45.7 Å². The van der Waals surface area contributed by atoms with Crippen molar-refractivity contribution in [1.29, 1.82) is 0 Å². The molecule has 1 saturated heterocycles. The molecule has 0 atom stereocenters. The van der Waals surface area contributed by atoms with E-state index in [1.54, 1.807) is 38.4 Å². The number of benzene rings is 3. The van der Waals surface area contributed by atoms with E-state index >= 15 is 0 Å². The van der Waals surface area contributed by atoms with Gasteiger partial charge in [-0.05, 0) is 52.4 Å². The van der Waals surface area contributed by atoms with Gasteiger partial charge in [0.05, 0.1) is 10.5 Å². The highest BCUT2D eigenvalue weighted by Gasteiger charge is 2.30. The Labute approximate surface area is 183 Å². The highest BCUT2D eigenvalue weighted by molar-refractivity contribution is 8.18. The normalized spacial score (nSPS) is 16.5. The van der Waals surface area contributed by atoms with Crippen LogP contribution in [0.4, 0.5) is 0 Å². The Morgan fingerprint density at radius 1 is 1.13 bits per heavy atom. The van der Waals surface area contributed by atoms with Crippen LogP contribution < -0.4 is 4.74 Å². The number of aromatic carboxylic acids is 1. The first-order valence-electron chi connectivity index (χ1n) is 9.59. The minimum Gasteiger partial charge on any atom is -0.488 e. The van der Waals surface area contributed by atoms with Crippen molar-refractivity contribution in [3.63, 3.8) is 0 Å². The Kier molecular flexibility index (Phi) is 5.77. The SMILES string of the molecule is CN=C1S/C(=C/c2c(OCc3ccc(C(=O)O)cc3)ccc3ccccc23)C(=O)N1C. The van der Waals surface area contributed by atoms with Crippen molar-refractivity contribution < 1.29 is 19.4 Å². The fraction of sp³-hybridized carbons (Fsp3) is 0.125. The predicted molar refractivity (Wildman–Crippen MR) is 123 cm³/mol. The van der Waals surface area contributed by atoms with Gasteiger partial charge < -0.3 is 9.84 Å². The smallest absolute Gasteiger partial charge is 0.335 e. The summed E-state index contributed by atoms with van der Waals surface area (Å²) in [6.07, 6.45) is 1.85. The molecule has 1 N–H and O–H groups in total. The number of amidine groups is 1. The highest BCUT2D eigenvalue weighted by Crippen LogP contribution is 2.36. The molecule has 1 heterocycles. The second-order valence-electron chi connectivity index (χ2n) is 6.97. The van der Waals surface area contributed by atoms with Gasteiger partial charge >= 0.3 is 5.97 Å². The zero-order chi connectivity index (χ0) is 22.0. The molecule has 0 aliphatic carbocycles. The predicted octanol–water partition coefficient (Wildman–Crippen LogP) is 4.65. The number of ether oxygens (including phenoxy) is 1. The number of nitrogens with zero attached hydrogens (tertiary/aromatic N) is 2. The van der Waals surface area contributed by atoms with Crippen molar-refractivity contribution in [2.45, 2.75) is 6.61 Å². The van der Waals surface area contributed by atoms with Gasteiger partial charge in [0, 0.05) is 19.7 Å². The summed E-state index contributed by atoms with van der Waals surface area (Å²) in [5.41, 5.74) is 1.90. The number of thioether (sulfide) groups is 1. The van der Waals surface area contributed by atoms with Gasteiger partial charge in [-0.25, -0.2) is 4.79 Å². The van der Waals surface area contributed by atoms with Crippen LogP contribution in [0.2, 0.25) is 0 Å². The van der Waals surface area contributed by atoms with Crippen LogP contribution in [0.25, 0.3) is 16.8 Å². The molecule has 0 unspecified atom stereocenters. The van der Waals surface area contributed by atoms with Crippen molar-refractivity contribution in [1.82, 2.24) is 4.90 Å². The molecule has 0 bridgehead atoms. The minimum absolute atomic E-state index is 0.103. The number of amides is 1. The Balaban J connectivity index is 1.70. The van der Waals surface area contributed by atoms with Crippen LogP contribution in [0.15, 0.2) is 70.6 Å². The van der Waals surface area contributed by atoms with Gasteiger partial charge in [-0.3, -0.25) is 14.7 Å². The maximum atomic E-state index is 12.7. The van der Waals surface area contributed by atoms with E-state index in [1.165, 1.54) is 16.7 Å². The fourth-order valence-electron chi connectivity index (χ4n) is 3.34. The molecule has 0 saturated carbocycles. The van der Waals surface area contributed by atoms with Gasteiger partial charge in [0.15, 0.2) is 5.17 Å². The van der Waals surface area contributed by atoms with E-state index in [2.05, 4.69) is 4.99 Å². The van der Waals surface area contributed by atoms with E-state index in [4.69, 9.17) is 9.84 Å². The monoisotopic (exact) mass is 432 g/mol. The average Bonchev–Trinajstić information content (AvgIpc) is 3.06. The lowest BCUT2D eigenvalue weighted by Gasteiger charge is -2.13. The molecule has 7 heteroatoms. The second-order valence-corrected chi connectivity index (χ2v) is 7.98. The van der Waals surface area contributed by atoms with Crippen molar-refractivity contribution in [2.75, 3.05) is 14.1 Å². The van der Waals surface area contributed by atoms with E-state index in [0.717, 1.165) is 21.9 Å². The number of carboxylic acid groups (broad SMARTS) is 1. The summed E-state index contributed by atoms with van der Waals surface area (Å²) in [5, 5.41) is 11.7. The summed E-state index contributed by atoms with van der Waals surface area (Å²) in [6, 6.07) is 18.4. The Morgan fingerprint density at radius 3 is 2.55 bits per heavy atom. The first-order valence-corrected chi connectivity index (χ1v) is 10.4. The minimum atomic E-state index is -0.963. The third kappa shape index (κ3) is 4.18. The maximum absolute atomic E-state index is 12.7.